The first-order valence-corrected chi connectivity index (χ1v) is 9.67. The van der Waals surface area contributed by atoms with Crippen molar-refractivity contribution in [2.75, 3.05) is 32.2 Å². The molecule has 2 unspecified atom stereocenters. The molecule has 2 heterocycles. The highest BCUT2D eigenvalue weighted by molar-refractivity contribution is 5.84. The Kier molecular flexibility index (Phi) is 8.48. The van der Waals surface area contributed by atoms with Crippen LogP contribution < -0.4 is 10.2 Å². The number of rotatable bonds is 5. The quantitative estimate of drug-likeness (QED) is 0.701. The highest BCUT2D eigenvalue weighted by Crippen LogP contribution is 2.25. The Bertz CT molecular complexity index is 561. The molecule has 26 heavy (non-hydrogen) atoms. The highest BCUT2D eigenvalue weighted by atomic mass is 16.5. The summed E-state index contributed by atoms with van der Waals surface area (Å²) in [4.78, 5) is 6.85. The summed E-state index contributed by atoms with van der Waals surface area (Å²) in [5.41, 5.74) is 1.98. The van der Waals surface area contributed by atoms with Gasteiger partial charge >= 0.3 is 0 Å². The summed E-state index contributed by atoms with van der Waals surface area (Å²) in [5.74, 6) is 0.911. The number of methoxy groups -OCH3 is 1. The number of piperidine rings is 1. The molecule has 2 atom stereocenters. The molecule has 0 amide bonds. The summed E-state index contributed by atoms with van der Waals surface area (Å²) in [7, 11) is 2.81. The molecule has 0 radical (unpaired) electrons. The number of hydrogen-bond donors (Lipinski definition) is 3. The molecule has 0 bridgehead atoms. The van der Waals surface area contributed by atoms with Crippen LogP contribution >= 0.6 is 0 Å². The van der Waals surface area contributed by atoms with Crippen LogP contribution in [0.15, 0.2) is 12.3 Å². The van der Waals surface area contributed by atoms with Gasteiger partial charge in [-0.15, -0.1) is 0 Å². The molecule has 1 aromatic heterocycles. The Hall–Kier alpha value is -1.50. The topological polar surface area (TPSA) is 81.5 Å². The van der Waals surface area contributed by atoms with Gasteiger partial charge in [-0.25, -0.2) is 4.98 Å². The molecule has 1 saturated carbocycles. The lowest BCUT2D eigenvalue weighted by Gasteiger charge is -2.41. The second-order valence-corrected chi connectivity index (χ2v) is 7.19. The number of nitrogens with zero attached hydrogens (tertiary/aromatic N) is 2. The van der Waals surface area contributed by atoms with Gasteiger partial charge in [-0.2, -0.15) is 0 Å². The van der Waals surface area contributed by atoms with E-state index in [0.717, 1.165) is 43.6 Å². The van der Waals surface area contributed by atoms with Crippen molar-refractivity contribution >= 4 is 12.0 Å². The lowest BCUT2D eigenvalue weighted by atomic mass is 9.92. The van der Waals surface area contributed by atoms with Crippen molar-refractivity contribution in [2.45, 2.75) is 63.6 Å². The third-order valence-corrected chi connectivity index (χ3v) is 5.40. The zero-order valence-corrected chi connectivity index (χ0v) is 16.4. The maximum Gasteiger partial charge on any atom is 0.137 e. The zero-order chi connectivity index (χ0) is 18.9. The first-order valence-electron chi connectivity index (χ1n) is 9.67. The van der Waals surface area contributed by atoms with E-state index in [1.165, 1.54) is 38.3 Å². The number of aromatic nitrogens is 1. The van der Waals surface area contributed by atoms with Gasteiger partial charge in [-0.3, -0.25) is 0 Å². The Morgan fingerprint density at radius 1 is 1.27 bits per heavy atom. The predicted octanol–water partition coefficient (Wildman–Crippen LogP) is 2.51. The van der Waals surface area contributed by atoms with E-state index in [4.69, 9.17) is 15.3 Å². The normalized spacial score (nSPS) is 23.9. The van der Waals surface area contributed by atoms with Crippen LogP contribution in [0, 0.1) is 12.3 Å². The third kappa shape index (κ3) is 5.25. The number of hydrogen-bond acceptors (Lipinski definition) is 6. The lowest BCUT2D eigenvalue weighted by molar-refractivity contribution is 0.0534. The molecule has 2 aliphatic rings. The molecular weight excluding hydrogens is 328 g/mol. The molecule has 0 spiro atoms. The van der Waals surface area contributed by atoms with Gasteiger partial charge in [0.05, 0.1) is 6.10 Å². The summed E-state index contributed by atoms with van der Waals surface area (Å²) in [6, 6.07) is 3.11. The van der Waals surface area contributed by atoms with Crippen LogP contribution in [0.25, 0.3) is 0 Å². The van der Waals surface area contributed by atoms with Crippen LogP contribution in [0.4, 0.5) is 5.82 Å². The van der Waals surface area contributed by atoms with Gasteiger partial charge in [0.2, 0.25) is 0 Å². The van der Waals surface area contributed by atoms with E-state index < -0.39 is 0 Å². The van der Waals surface area contributed by atoms with E-state index in [2.05, 4.69) is 15.2 Å². The van der Waals surface area contributed by atoms with Gasteiger partial charge in [0.15, 0.2) is 0 Å². The number of pyridine rings is 1. The fraction of sp³-hybridized carbons (Fsp3) is 0.700. The summed E-state index contributed by atoms with van der Waals surface area (Å²) < 4.78 is 5.81. The van der Waals surface area contributed by atoms with E-state index >= 15 is 0 Å². The van der Waals surface area contributed by atoms with Gasteiger partial charge in [-0.1, -0.05) is 19.3 Å². The maximum absolute atomic E-state index is 7.67. The second kappa shape index (κ2) is 10.6. The Morgan fingerprint density at radius 2 is 2.00 bits per heavy atom. The van der Waals surface area contributed by atoms with Crippen molar-refractivity contribution in [1.82, 2.24) is 10.3 Å². The summed E-state index contributed by atoms with van der Waals surface area (Å²) >= 11 is 0. The molecular formula is C20H34N4O2. The first-order chi connectivity index (χ1) is 12.7. The molecule has 1 aliphatic heterocycles. The van der Waals surface area contributed by atoms with E-state index in [1.807, 2.05) is 26.3 Å². The average Bonchev–Trinajstić information content (AvgIpc) is 2.70. The molecule has 1 aromatic rings. The van der Waals surface area contributed by atoms with Gasteiger partial charge in [0.1, 0.15) is 5.82 Å². The smallest absolute Gasteiger partial charge is 0.137 e. The number of anilines is 1. The van der Waals surface area contributed by atoms with Crippen molar-refractivity contribution in [2.24, 2.45) is 0 Å². The zero-order valence-electron chi connectivity index (χ0n) is 16.4. The van der Waals surface area contributed by atoms with Crippen molar-refractivity contribution in [1.29, 1.82) is 5.41 Å². The van der Waals surface area contributed by atoms with Crippen LogP contribution in [0.1, 0.15) is 49.7 Å². The summed E-state index contributed by atoms with van der Waals surface area (Å²) in [6.07, 6.45) is 11.2. The van der Waals surface area contributed by atoms with Gasteiger partial charge in [-0.05, 0) is 37.8 Å². The fourth-order valence-electron chi connectivity index (χ4n) is 4.07. The van der Waals surface area contributed by atoms with Crippen LogP contribution in [0.2, 0.25) is 0 Å². The minimum absolute atomic E-state index is 0.169. The monoisotopic (exact) mass is 362 g/mol. The van der Waals surface area contributed by atoms with Crippen molar-refractivity contribution in [3.8, 4) is 0 Å². The van der Waals surface area contributed by atoms with E-state index in [-0.39, 0.29) is 6.10 Å². The molecule has 6 heteroatoms. The first kappa shape index (κ1) is 20.8. The van der Waals surface area contributed by atoms with Crippen molar-refractivity contribution in [3.63, 3.8) is 0 Å². The lowest BCUT2D eigenvalue weighted by Crippen LogP contribution is -2.56. The van der Waals surface area contributed by atoms with Crippen molar-refractivity contribution in [3.05, 3.63) is 23.4 Å². The minimum Gasteiger partial charge on any atom is -0.400 e. The number of aliphatic hydroxyl groups excluding tert-OH is 1. The Labute approximate surface area is 157 Å². The largest absolute Gasteiger partial charge is 0.400 e. The van der Waals surface area contributed by atoms with Crippen LogP contribution in [-0.4, -0.2) is 61.8 Å². The van der Waals surface area contributed by atoms with Crippen LogP contribution in [0.3, 0.4) is 0 Å². The molecule has 1 aliphatic carbocycles. The molecule has 0 aromatic carbocycles. The van der Waals surface area contributed by atoms with E-state index in [9.17, 15) is 0 Å². The molecule has 3 N–H and O–H groups in total. The van der Waals surface area contributed by atoms with Crippen LogP contribution in [0.5, 0.6) is 0 Å². The number of ether oxygens (including phenoxy) is 1. The number of aliphatic hydroxyl groups is 1. The number of aryl methyl sites for hydroxylation is 1. The number of nitrogens with one attached hydrogen (secondary N) is 2. The molecule has 146 valence electrons. The van der Waals surface area contributed by atoms with Gasteiger partial charge < -0.3 is 25.5 Å². The average molecular weight is 363 g/mol. The fourth-order valence-corrected chi connectivity index (χ4v) is 4.07. The summed E-state index contributed by atoms with van der Waals surface area (Å²) in [6.45, 7) is 3.81. The summed E-state index contributed by atoms with van der Waals surface area (Å²) in [5, 5.41) is 18.5. The second-order valence-electron chi connectivity index (χ2n) is 7.19. The Balaban J connectivity index is 0.00000117. The van der Waals surface area contributed by atoms with Gasteiger partial charge in [0, 0.05) is 57.4 Å². The van der Waals surface area contributed by atoms with Gasteiger partial charge in [0.25, 0.3) is 0 Å². The standard InChI is InChI=1S/C19H30N4O.CH4O/c1-14-10-15(11-20)19(21-12-14)23-9-8-17(18(13-23)24-2)22-16-6-4-3-5-7-16;1-2/h10-12,16-18,20,22H,3-9,13H2,1-2H3;2H,1H3. The molecule has 2 fully saturated rings. The highest BCUT2D eigenvalue weighted by Gasteiger charge is 2.32. The molecule has 1 saturated heterocycles. The van der Waals surface area contributed by atoms with Crippen LogP contribution in [-0.2, 0) is 4.74 Å². The van der Waals surface area contributed by atoms with Crippen molar-refractivity contribution < 1.29 is 9.84 Å². The minimum atomic E-state index is 0.169. The SMILES string of the molecule is CO.COC1CN(c2ncc(C)cc2C=N)CCC1NC1CCCCC1. The van der Waals surface area contributed by atoms with E-state index in [0.29, 0.717) is 12.1 Å². The maximum atomic E-state index is 7.67. The molecule has 6 nitrogen and oxygen atoms in total. The molecule has 3 rings (SSSR count). The Morgan fingerprint density at radius 3 is 2.65 bits per heavy atom. The van der Waals surface area contributed by atoms with E-state index in [1.54, 1.807) is 0 Å². The third-order valence-electron chi connectivity index (χ3n) is 5.40. The predicted molar refractivity (Wildman–Crippen MR) is 106 cm³/mol.